The maximum absolute atomic E-state index is 5.74. The van der Waals surface area contributed by atoms with Crippen LogP contribution in [-0.4, -0.2) is 25.3 Å². The van der Waals surface area contributed by atoms with Crippen molar-refractivity contribution in [2.24, 2.45) is 5.92 Å². The molecular formula is C14H27NO. The van der Waals surface area contributed by atoms with Crippen LogP contribution in [-0.2, 0) is 4.74 Å². The largest absolute Gasteiger partial charge is 0.378 e. The Morgan fingerprint density at radius 3 is 2.44 bits per heavy atom. The van der Waals surface area contributed by atoms with Crippen molar-refractivity contribution >= 4 is 0 Å². The highest BCUT2D eigenvalue weighted by atomic mass is 16.5. The summed E-state index contributed by atoms with van der Waals surface area (Å²) in [6.45, 7) is 3.31. The van der Waals surface area contributed by atoms with Crippen molar-refractivity contribution in [1.29, 1.82) is 0 Å². The van der Waals surface area contributed by atoms with E-state index in [0.29, 0.717) is 6.04 Å². The van der Waals surface area contributed by atoms with E-state index in [-0.39, 0.29) is 5.60 Å². The fourth-order valence-corrected chi connectivity index (χ4v) is 3.17. The summed E-state index contributed by atoms with van der Waals surface area (Å²) in [5.41, 5.74) is 0.233. The molecule has 2 nitrogen and oxygen atoms in total. The molecule has 1 N–H and O–H groups in total. The van der Waals surface area contributed by atoms with Crippen LogP contribution in [0.3, 0.4) is 0 Å². The van der Waals surface area contributed by atoms with Crippen LogP contribution in [0.5, 0.6) is 0 Å². The topological polar surface area (TPSA) is 21.3 Å². The molecule has 0 amide bonds. The molecule has 94 valence electrons. The summed E-state index contributed by atoms with van der Waals surface area (Å²) in [6.07, 6.45) is 10.9. The number of ether oxygens (including phenoxy) is 1. The first kappa shape index (κ1) is 12.4. The van der Waals surface area contributed by atoms with Gasteiger partial charge < -0.3 is 10.1 Å². The van der Waals surface area contributed by atoms with Crippen molar-refractivity contribution in [1.82, 2.24) is 5.32 Å². The third-order valence-electron chi connectivity index (χ3n) is 4.65. The van der Waals surface area contributed by atoms with Crippen LogP contribution in [0.4, 0.5) is 0 Å². The lowest BCUT2D eigenvalue weighted by Gasteiger charge is -2.44. The van der Waals surface area contributed by atoms with Gasteiger partial charge in [0.2, 0.25) is 0 Å². The number of hydrogen-bond donors (Lipinski definition) is 1. The molecule has 1 unspecified atom stereocenters. The Balaban J connectivity index is 1.80. The van der Waals surface area contributed by atoms with Gasteiger partial charge in [-0.2, -0.15) is 0 Å². The molecule has 2 aliphatic carbocycles. The van der Waals surface area contributed by atoms with Crippen LogP contribution in [0, 0.1) is 5.92 Å². The summed E-state index contributed by atoms with van der Waals surface area (Å²) in [4.78, 5) is 0. The zero-order chi connectivity index (χ0) is 11.4. The molecule has 0 aromatic heterocycles. The van der Waals surface area contributed by atoms with Gasteiger partial charge in [0.05, 0.1) is 5.60 Å². The number of nitrogens with one attached hydrogen (secondary N) is 1. The van der Waals surface area contributed by atoms with E-state index in [1.165, 1.54) is 51.4 Å². The molecule has 2 heteroatoms. The number of hydrogen-bond acceptors (Lipinski definition) is 2. The van der Waals surface area contributed by atoms with Crippen LogP contribution in [0.2, 0.25) is 0 Å². The van der Waals surface area contributed by atoms with Gasteiger partial charge in [-0.15, -0.1) is 0 Å². The molecule has 0 bridgehead atoms. The quantitative estimate of drug-likeness (QED) is 0.719. The Kier molecular flexibility index (Phi) is 4.26. The minimum absolute atomic E-state index is 0.233. The molecule has 0 aromatic rings. The summed E-state index contributed by atoms with van der Waals surface area (Å²) >= 11 is 0. The average Bonchev–Trinajstić information content (AvgIpc) is 2.17. The van der Waals surface area contributed by atoms with Crippen LogP contribution < -0.4 is 5.32 Å². The van der Waals surface area contributed by atoms with Crippen LogP contribution >= 0.6 is 0 Å². The molecule has 0 aliphatic heterocycles. The summed E-state index contributed by atoms with van der Waals surface area (Å²) in [6, 6.07) is 0.690. The van der Waals surface area contributed by atoms with Gasteiger partial charge in [-0.25, -0.2) is 0 Å². The van der Waals surface area contributed by atoms with Gasteiger partial charge in [-0.3, -0.25) is 0 Å². The Hall–Kier alpha value is -0.0800. The predicted molar refractivity (Wildman–Crippen MR) is 67.6 cm³/mol. The van der Waals surface area contributed by atoms with E-state index in [4.69, 9.17) is 4.74 Å². The van der Waals surface area contributed by atoms with E-state index in [9.17, 15) is 0 Å². The van der Waals surface area contributed by atoms with Crippen molar-refractivity contribution < 1.29 is 4.74 Å². The second-order valence-corrected chi connectivity index (χ2v) is 5.73. The van der Waals surface area contributed by atoms with Crippen molar-refractivity contribution in [3.8, 4) is 0 Å². The third-order valence-corrected chi connectivity index (χ3v) is 4.65. The standard InChI is InChI=1S/C14H27NO/c1-3-15-13(10-12-6-4-7-12)11-14(16-2)8-5-9-14/h12-13,15H,3-11H2,1-2H3. The van der Waals surface area contributed by atoms with Gasteiger partial charge in [0.25, 0.3) is 0 Å². The molecule has 16 heavy (non-hydrogen) atoms. The molecule has 0 saturated heterocycles. The minimum atomic E-state index is 0.233. The molecule has 2 saturated carbocycles. The second-order valence-electron chi connectivity index (χ2n) is 5.73. The molecule has 0 radical (unpaired) electrons. The normalized spacial score (nSPS) is 25.9. The van der Waals surface area contributed by atoms with Gasteiger partial charge in [0.1, 0.15) is 0 Å². The zero-order valence-electron chi connectivity index (χ0n) is 10.9. The van der Waals surface area contributed by atoms with Gasteiger partial charge in [0.15, 0.2) is 0 Å². The molecular weight excluding hydrogens is 198 g/mol. The lowest BCUT2D eigenvalue weighted by atomic mass is 9.72. The average molecular weight is 225 g/mol. The Bertz CT molecular complexity index is 203. The van der Waals surface area contributed by atoms with E-state index in [1.54, 1.807) is 0 Å². The molecule has 0 heterocycles. The maximum Gasteiger partial charge on any atom is 0.0693 e. The highest BCUT2D eigenvalue weighted by Gasteiger charge is 2.39. The summed E-state index contributed by atoms with van der Waals surface area (Å²) in [5.74, 6) is 0.998. The number of methoxy groups -OCH3 is 1. The number of rotatable bonds is 7. The van der Waals surface area contributed by atoms with Crippen LogP contribution in [0.15, 0.2) is 0 Å². The summed E-state index contributed by atoms with van der Waals surface area (Å²) < 4.78 is 5.74. The maximum atomic E-state index is 5.74. The van der Waals surface area contributed by atoms with E-state index in [1.807, 2.05) is 7.11 Å². The van der Waals surface area contributed by atoms with Crippen LogP contribution in [0.25, 0.3) is 0 Å². The Morgan fingerprint density at radius 1 is 1.31 bits per heavy atom. The van der Waals surface area contributed by atoms with E-state index >= 15 is 0 Å². The Morgan fingerprint density at radius 2 is 2.06 bits per heavy atom. The monoisotopic (exact) mass is 225 g/mol. The van der Waals surface area contributed by atoms with Gasteiger partial charge in [-0.1, -0.05) is 26.2 Å². The minimum Gasteiger partial charge on any atom is -0.378 e. The Labute approximate surface area is 100 Å². The molecule has 2 fully saturated rings. The first-order valence-corrected chi connectivity index (χ1v) is 7.06. The van der Waals surface area contributed by atoms with Gasteiger partial charge in [-0.05, 0) is 44.6 Å². The fraction of sp³-hybridized carbons (Fsp3) is 1.00. The molecule has 0 aromatic carbocycles. The predicted octanol–water partition coefficient (Wildman–Crippen LogP) is 3.11. The van der Waals surface area contributed by atoms with Crippen molar-refractivity contribution in [3.63, 3.8) is 0 Å². The first-order chi connectivity index (χ1) is 7.78. The fourth-order valence-electron chi connectivity index (χ4n) is 3.17. The lowest BCUT2D eigenvalue weighted by Crippen LogP contribution is -2.46. The first-order valence-electron chi connectivity index (χ1n) is 7.06. The van der Waals surface area contributed by atoms with Crippen LogP contribution in [0.1, 0.15) is 58.3 Å². The SMILES string of the molecule is CCNC(CC1CCC1)CC1(OC)CCC1. The molecule has 2 rings (SSSR count). The van der Waals surface area contributed by atoms with Crippen molar-refractivity contribution in [2.45, 2.75) is 69.9 Å². The zero-order valence-corrected chi connectivity index (χ0v) is 10.9. The smallest absolute Gasteiger partial charge is 0.0693 e. The highest BCUT2D eigenvalue weighted by molar-refractivity contribution is 4.94. The van der Waals surface area contributed by atoms with E-state index < -0.39 is 0 Å². The van der Waals surface area contributed by atoms with E-state index in [2.05, 4.69) is 12.2 Å². The molecule has 1 atom stereocenters. The van der Waals surface area contributed by atoms with Crippen molar-refractivity contribution in [3.05, 3.63) is 0 Å². The van der Waals surface area contributed by atoms with Gasteiger partial charge in [0, 0.05) is 13.2 Å². The second kappa shape index (κ2) is 5.50. The summed E-state index contributed by atoms with van der Waals surface area (Å²) in [7, 11) is 1.89. The third kappa shape index (κ3) is 2.78. The van der Waals surface area contributed by atoms with E-state index in [0.717, 1.165) is 12.5 Å². The van der Waals surface area contributed by atoms with Crippen molar-refractivity contribution in [2.75, 3.05) is 13.7 Å². The lowest BCUT2D eigenvalue weighted by molar-refractivity contribution is -0.0850. The highest BCUT2D eigenvalue weighted by Crippen LogP contribution is 2.41. The molecule has 2 aliphatic rings. The summed E-state index contributed by atoms with van der Waals surface area (Å²) in [5, 5.41) is 3.66. The molecule has 0 spiro atoms. The van der Waals surface area contributed by atoms with Gasteiger partial charge >= 0.3 is 0 Å².